The molecule has 0 saturated heterocycles. The van der Waals surface area contributed by atoms with E-state index in [1.165, 1.54) is 0 Å². The van der Waals surface area contributed by atoms with Crippen LogP contribution in [0.15, 0.2) is 66.7 Å². The number of esters is 1. The molecule has 0 aromatic heterocycles. The Morgan fingerprint density at radius 1 is 0.913 bits per heavy atom. The number of methoxy groups -OCH3 is 1. The Bertz CT molecular complexity index is 825. The molecule has 116 valence electrons. The summed E-state index contributed by atoms with van der Waals surface area (Å²) in [5.74, 6) is 0.476. The summed E-state index contributed by atoms with van der Waals surface area (Å²) < 4.78 is 10.8. The molecule has 3 rings (SSSR count). The van der Waals surface area contributed by atoms with E-state index in [2.05, 4.69) is 0 Å². The molecule has 0 bridgehead atoms. The predicted octanol–water partition coefficient (Wildman–Crippen LogP) is 4.77. The molecule has 0 aliphatic rings. The molecule has 0 spiro atoms. The van der Waals surface area contributed by atoms with Crippen LogP contribution in [0.4, 0.5) is 0 Å². The first-order valence-corrected chi connectivity index (χ1v) is 7.51. The highest BCUT2D eigenvalue weighted by molar-refractivity contribution is 5.95. The topological polar surface area (TPSA) is 35.5 Å². The molecule has 3 aromatic rings. The monoisotopic (exact) mass is 306 g/mol. The van der Waals surface area contributed by atoms with Crippen molar-refractivity contribution < 1.29 is 14.3 Å². The molecule has 0 fully saturated rings. The molecule has 23 heavy (non-hydrogen) atoms. The van der Waals surface area contributed by atoms with Gasteiger partial charge < -0.3 is 9.47 Å². The first-order chi connectivity index (χ1) is 11.2. The normalized spacial score (nSPS) is 11.9. The van der Waals surface area contributed by atoms with E-state index in [9.17, 15) is 4.79 Å². The zero-order valence-electron chi connectivity index (χ0n) is 13.2. The highest BCUT2D eigenvalue weighted by Gasteiger charge is 2.14. The van der Waals surface area contributed by atoms with Crippen LogP contribution < -0.4 is 4.74 Å². The Morgan fingerprint density at radius 3 is 2.35 bits per heavy atom. The van der Waals surface area contributed by atoms with Gasteiger partial charge in [-0.1, -0.05) is 42.5 Å². The maximum atomic E-state index is 12.3. The maximum Gasteiger partial charge on any atom is 0.338 e. The van der Waals surface area contributed by atoms with E-state index in [4.69, 9.17) is 9.47 Å². The van der Waals surface area contributed by atoms with Gasteiger partial charge in [-0.2, -0.15) is 0 Å². The van der Waals surface area contributed by atoms with Crippen molar-refractivity contribution >= 4 is 16.7 Å². The standard InChI is InChI=1S/C20H18O3/c1-14(15-6-4-3-5-7-15)23-20(21)18-9-8-17-13-19(22-2)11-10-16(17)12-18/h3-14H,1-2H3. The molecule has 0 aliphatic carbocycles. The van der Waals surface area contributed by atoms with E-state index in [0.717, 1.165) is 22.1 Å². The summed E-state index contributed by atoms with van der Waals surface area (Å²) in [5.41, 5.74) is 1.52. The number of ether oxygens (including phenoxy) is 2. The summed E-state index contributed by atoms with van der Waals surface area (Å²) in [6.45, 7) is 1.87. The van der Waals surface area contributed by atoms with E-state index in [0.29, 0.717) is 5.56 Å². The van der Waals surface area contributed by atoms with Gasteiger partial charge in [0.1, 0.15) is 11.9 Å². The van der Waals surface area contributed by atoms with Crippen molar-refractivity contribution in [3.63, 3.8) is 0 Å². The lowest BCUT2D eigenvalue weighted by Gasteiger charge is -2.14. The van der Waals surface area contributed by atoms with Gasteiger partial charge in [0, 0.05) is 0 Å². The maximum absolute atomic E-state index is 12.3. The molecular weight excluding hydrogens is 288 g/mol. The molecule has 0 aliphatic heterocycles. The van der Waals surface area contributed by atoms with Gasteiger partial charge in [0.05, 0.1) is 12.7 Å². The summed E-state index contributed by atoms with van der Waals surface area (Å²) in [6, 6.07) is 21.0. The molecule has 3 heteroatoms. The van der Waals surface area contributed by atoms with Gasteiger partial charge in [0.25, 0.3) is 0 Å². The highest BCUT2D eigenvalue weighted by Crippen LogP contribution is 2.23. The van der Waals surface area contributed by atoms with Gasteiger partial charge in [-0.15, -0.1) is 0 Å². The van der Waals surface area contributed by atoms with Gasteiger partial charge >= 0.3 is 5.97 Å². The van der Waals surface area contributed by atoms with Crippen molar-refractivity contribution in [1.29, 1.82) is 0 Å². The van der Waals surface area contributed by atoms with Gasteiger partial charge in [0.15, 0.2) is 0 Å². The van der Waals surface area contributed by atoms with Gasteiger partial charge in [-0.3, -0.25) is 0 Å². The van der Waals surface area contributed by atoms with Crippen molar-refractivity contribution in [2.75, 3.05) is 7.11 Å². The number of fused-ring (bicyclic) bond motifs is 1. The molecule has 0 N–H and O–H groups in total. The molecule has 1 atom stereocenters. The average Bonchev–Trinajstić information content (AvgIpc) is 2.61. The van der Waals surface area contributed by atoms with Crippen molar-refractivity contribution in [3.05, 3.63) is 77.9 Å². The lowest BCUT2D eigenvalue weighted by molar-refractivity contribution is 0.0338. The molecular formula is C20H18O3. The second kappa shape index (κ2) is 6.53. The third-order valence-corrected chi connectivity index (χ3v) is 3.84. The molecule has 0 amide bonds. The molecule has 3 nitrogen and oxygen atoms in total. The second-order valence-electron chi connectivity index (χ2n) is 5.39. The summed E-state index contributed by atoms with van der Waals surface area (Å²) in [6.07, 6.45) is -0.282. The van der Waals surface area contributed by atoms with Crippen LogP contribution in [-0.2, 0) is 4.74 Å². The molecule has 0 heterocycles. The van der Waals surface area contributed by atoms with Gasteiger partial charge in [-0.05, 0) is 47.5 Å². The first-order valence-electron chi connectivity index (χ1n) is 7.51. The van der Waals surface area contributed by atoms with Crippen LogP contribution in [0.2, 0.25) is 0 Å². The minimum Gasteiger partial charge on any atom is -0.497 e. The zero-order chi connectivity index (χ0) is 16.2. The van der Waals surface area contributed by atoms with Crippen LogP contribution in [0.5, 0.6) is 5.75 Å². The van der Waals surface area contributed by atoms with Crippen molar-refractivity contribution in [2.24, 2.45) is 0 Å². The van der Waals surface area contributed by atoms with E-state index in [-0.39, 0.29) is 12.1 Å². The Balaban J connectivity index is 1.81. The number of rotatable bonds is 4. The van der Waals surface area contributed by atoms with Crippen LogP contribution in [0.25, 0.3) is 10.8 Å². The largest absolute Gasteiger partial charge is 0.497 e. The van der Waals surface area contributed by atoms with E-state index >= 15 is 0 Å². The Kier molecular flexibility index (Phi) is 4.29. The number of hydrogen-bond acceptors (Lipinski definition) is 3. The third-order valence-electron chi connectivity index (χ3n) is 3.84. The number of carbonyl (C=O) groups excluding carboxylic acids is 1. The summed E-state index contributed by atoms with van der Waals surface area (Å²) in [4.78, 5) is 12.3. The van der Waals surface area contributed by atoms with Crippen LogP contribution in [0.1, 0.15) is 28.9 Å². The average molecular weight is 306 g/mol. The van der Waals surface area contributed by atoms with Crippen molar-refractivity contribution in [3.8, 4) is 5.75 Å². The zero-order valence-corrected chi connectivity index (χ0v) is 13.2. The fraction of sp³-hybridized carbons (Fsp3) is 0.150. The van der Waals surface area contributed by atoms with Crippen LogP contribution in [0, 0.1) is 0 Å². The minimum absolute atomic E-state index is 0.282. The Labute approximate surface area is 135 Å². The first kappa shape index (κ1) is 15.1. The van der Waals surface area contributed by atoms with E-state index in [1.807, 2.05) is 67.6 Å². The summed E-state index contributed by atoms with van der Waals surface area (Å²) in [5, 5.41) is 2.00. The summed E-state index contributed by atoms with van der Waals surface area (Å²) in [7, 11) is 1.64. The Hall–Kier alpha value is -2.81. The van der Waals surface area contributed by atoms with Crippen LogP contribution in [-0.4, -0.2) is 13.1 Å². The summed E-state index contributed by atoms with van der Waals surface area (Å²) >= 11 is 0. The fourth-order valence-electron chi connectivity index (χ4n) is 2.50. The van der Waals surface area contributed by atoms with Crippen LogP contribution >= 0.6 is 0 Å². The SMILES string of the molecule is COc1ccc2cc(C(=O)OC(C)c3ccccc3)ccc2c1. The lowest BCUT2D eigenvalue weighted by Crippen LogP contribution is -2.09. The number of benzene rings is 3. The third kappa shape index (κ3) is 3.34. The van der Waals surface area contributed by atoms with E-state index < -0.39 is 0 Å². The number of hydrogen-bond donors (Lipinski definition) is 0. The smallest absolute Gasteiger partial charge is 0.338 e. The molecule has 0 saturated carbocycles. The molecule has 1 unspecified atom stereocenters. The lowest BCUT2D eigenvalue weighted by atomic mass is 10.1. The Morgan fingerprint density at radius 2 is 1.61 bits per heavy atom. The minimum atomic E-state index is -0.320. The highest BCUT2D eigenvalue weighted by atomic mass is 16.5. The van der Waals surface area contributed by atoms with Crippen LogP contribution in [0.3, 0.4) is 0 Å². The fourth-order valence-corrected chi connectivity index (χ4v) is 2.50. The van der Waals surface area contributed by atoms with Gasteiger partial charge in [-0.25, -0.2) is 4.79 Å². The second-order valence-corrected chi connectivity index (χ2v) is 5.39. The molecule has 0 radical (unpaired) electrons. The quantitative estimate of drug-likeness (QED) is 0.652. The van der Waals surface area contributed by atoms with Crippen molar-refractivity contribution in [1.82, 2.24) is 0 Å². The predicted molar refractivity (Wildman–Crippen MR) is 90.8 cm³/mol. The number of carbonyl (C=O) groups is 1. The molecule has 3 aromatic carbocycles. The van der Waals surface area contributed by atoms with Crippen molar-refractivity contribution in [2.45, 2.75) is 13.0 Å². The van der Waals surface area contributed by atoms with E-state index in [1.54, 1.807) is 13.2 Å². The van der Waals surface area contributed by atoms with Gasteiger partial charge in [0.2, 0.25) is 0 Å².